The van der Waals surface area contributed by atoms with Gasteiger partial charge in [0, 0.05) is 13.0 Å². The van der Waals surface area contributed by atoms with Crippen LogP contribution in [0.3, 0.4) is 0 Å². The fourth-order valence-electron chi connectivity index (χ4n) is 2.10. The Labute approximate surface area is 151 Å². The van der Waals surface area contributed by atoms with Gasteiger partial charge in [-0.25, -0.2) is 4.79 Å². The fourth-order valence-corrected chi connectivity index (χ4v) is 2.43. The van der Waals surface area contributed by atoms with E-state index in [1.807, 2.05) is 0 Å². The van der Waals surface area contributed by atoms with Crippen LogP contribution in [-0.4, -0.2) is 21.6 Å². The number of esters is 2. The summed E-state index contributed by atoms with van der Waals surface area (Å²) in [6, 6.07) is 8.15. The number of ether oxygens (including phenoxy) is 2. The van der Waals surface area contributed by atoms with Crippen LogP contribution in [0.2, 0.25) is 0 Å². The lowest BCUT2D eigenvalue weighted by atomic mass is 10.1. The second-order valence-corrected chi connectivity index (χ2v) is 6.02. The van der Waals surface area contributed by atoms with Crippen LogP contribution in [-0.2, 0) is 27.6 Å². The third kappa shape index (κ3) is 4.48. The van der Waals surface area contributed by atoms with Crippen molar-refractivity contribution in [2.24, 2.45) is 0 Å². The van der Waals surface area contributed by atoms with Crippen LogP contribution in [0.15, 0.2) is 39.6 Å². The summed E-state index contributed by atoms with van der Waals surface area (Å²) in [5.41, 5.74) is 0.708. The first kappa shape index (κ1) is 18.7. The van der Waals surface area contributed by atoms with Gasteiger partial charge in [-0.3, -0.25) is 14.2 Å². The lowest BCUT2D eigenvalue weighted by Crippen LogP contribution is -2.27. The fraction of sp³-hybridized carbons (Fsp3) is 0.235. The zero-order valence-electron chi connectivity index (χ0n) is 13.6. The van der Waals surface area contributed by atoms with Crippen molar-refractivity contribution in [3.63, 3.8) is 0 Å². The molecule has 0 fully saturated rings. The summed E-state index contributed by atoms with van der Waals surface area (Å²) in [4.78, 5) is 35.5. The number of carbonyl (C=O) groups excluding carboxylic acids is 2. The normalized spacial score (nSPS) is 10.4. The van der Waals surface area contributed by atoms with Crippen LogP contribution in [0.5, 0.6) is 5.75 Å². The number of hydrogen-bond acceptors (Lipinski definition) is 6. The number of hydrogen-bond donors (Lipinski definition) is 1. The lowest BCUT2D eigenvalue weighted by molar-refractivity contribution is -0.142. The number of rotatable bonds is 5. The van der Waals surface area contributed by atoms with Gasteiger partial charge in [0.05, 0.1) is 11.3 Å². The molecule has 132 valence electrons. The molecule has 0 amide bonds. The second-order valence-electron chi connectivity index (χ2n) is 5.22. The molecular weight excluding hydrogens is 394 g/mol. The van der Waals surface area contributed by atoms with Crippen LogP contribution >= 0.6 is 15.9 Å². The molecule has 0 atom stereocenters. The van der Waals surface area contributed by atoms with Gasteiger partial charge in [0.2, 0.25) is 0 Å². The van der Waals surface area contributed by atoms with Gasteiger partial charge in [-0.05, 0) is 34.5 Å². The highest BCUT2D eigenvalue weighted by atomic mass is 79.9. The van der Waals surface area contributed by atoms with E-state index >= 15 is 0 Å². The van der Waals surface area contributed by atoms with Crippen molar-refractivity contribution in [1.29, 1.82) is 0 Å². The molecule has 0 radical (unpaired) electrons. The SMILES string of the molecule is CC(=O)OCc1cc(O)c(Br)c(=O)n1COC(=O)c1ccccc1C. The molecule has 1 heterocycles. The Morgan fingerprint density at radius 3 is 2.56 bits per heavy atom. The summed E-state index contributed by atoms with van der Waals surface area (Å²) < 4.78 is 11.1. The van der Waals surface area contributed by atoms with Crippen LogP contribution in [0.25, 0.3) is 0 Å². The Bertz CT molecular complexity index is 874. The second kappa shape index (κ2) is 7.98. The molecule has 0 bridgehead atoms. The predicted octanol–water partition coefficient (Wildman–Crippen LogP) is 2.50. The minimum atomic E-state index is -0.611. The molecule has 0 spiro atoms. The van der Waals surface area contributed by atoms with Gasteiger partial charge in [0.1, 0.15) is 16.8 Å². The van der Waals surface area contributed by atoms with Gasteiger partial charge >= 0.3 is 11.9 Å². The number of aromatic nitrogens is 1. The highest BCUT2D eigenvalue weighted by Gasteiger charge is 2.16. The molecule has 8 heteroatoms. The summed E-state index contributed by atoms with van der Waals surface area (Å²) >= 11 is 2.98. The molecule has 7 nitrogen and oxygen atoms in total. The molecule has 0 saturated heterocycles. The molecule has 2 rings (SSSR count). The molecular formula is C17H16BrNO6. The molecule has 1 N–H and O–H groups in total. The quantitative estimate of drug-likeness (QED) is 0.762. The molecule has 1 aromatic carbocycles. The van der Waals surface area contributed by atoms with Gasteiger partial charge < -0.3 is 14.6 Å². The summed E-state index contributed by atoms with van der Waals surface area (Å²) in [6.07, 6.45) is 0. The van der Waals surface area contributed by atoms with E-state index in [0.29, 0.717) is 5.56 Å². The Morgan fingerprint density at radius 1 is 1.24 bits per heavy atom. The van der Waals surface area contributed by atoms with Gasteiger partial charge in [0.25, 0.3) is 5.56 Å². The highest BCUT2D eigenvalue weighted by Crippen LogP contribution is 2.21. The number of halogens is 1. The van der Waals surface area contributed by atoms with E-state index in [0.717, 1.165) is 10.1 Å². The van der Waals surface area contributed by atoms with E-state index in [1.54, 1.807) is 31.2 Å². The average molecular weight is 410 g/mol. The van der Waals surface area contributed by atoms with Crippen LogP contribution in [0.4, 0.5) is 0 Å². The number of benzene rings is 1. The summed E-state index contributed by atoms with van der Waals surface area (Å²) in [5, 5.41) is 9.75. The van der Waals surface area contributed by atoms with E-state index < -0.39 is 17.5 Å². The molecule has 1 aromatic heterocycles. The Hall–Kier alpha value is -2.61. The van der Waals surface area contributed by atoms with Crippen molar-refractivity contribution in [3.8, 4) is 5.75 Å². The summed E-state index contributed by atoms with van der Waals surface area (Å²) in [6.45, 7) is 2.36. The van der Waals surface area contributed by atoms with Crippen molar-refractivity contribution in [3.05, 3.63) is 62.0 Å². The molecule has 0 aliphatic heterocycles. The van der Waals surface area contributed by atoms with Crippen molar-refractivity contribution in [1.82, 2.24) is 4.57 Å². The number of nitrogens with zero attached hydrogens (tertiary/aromatic N) is 1. The van der Waals surface area contributed by atoms with Crippen LogP contribution < -0.4 is 5.56 Å². The monoisotopic (exact) mass is 409 g/mol. The first-order valence-corrected chi connectivity index (χ1v) is 8.08. The Kier molecular flexibility index (Phi) is 5.97. The summed E-state index contributed by atoms with van der Waals surface area (Å²) in [5.74, 6) is -1.43. The van der Waals surface area contributed by atoms with Crippen molar-refractivity contribution < 1.29 is 24.2 Å². The number of pyridine rings is 1. The minimum Gasteiger partial charge on any atom is -0.506 e. The number of aryl methyl sites for hydroxylation is 1. The maximum Gasteiger partial charge on any atom is 0.340 e. The first-order chi connectivity index (χ1) is 11.8. The number of carbonyl (C=O) groups is 2. The largest absolute Gasteiger partial charge is 0.506 e. The standard InChI is InChI=1S/C17H16BrNO6/c1-10-5-3-4-6-13(10)17(23)25-9-19-12(8-24-11(2)20)7-14(21)15(18)16(19)22/h3-7,21H,8-9H2,1-2H3. The van der Waals surface area contributed by atoms with Crippen LogP contribution in [0, 0.1) is 6.92 Å². The van der Waals surface area contributed by atoms with Gasteiger partial charge in [-0.15, -0.1) is 0 Å². The zero-order chi connectivity index (χ0) is 18.6. The highest BCUT2D eigenvalue weighted by molar-refractivity contribution is 9.10. The molecule has 0 unspecified atom stereocenters. The van der Waals surface area contributed by atoms with E-state index in [1.165, 1.54) is 13.0 Å². The van der Waals surface area contributed by atoms with E-state index in [-0.39, 0.29) is 29.3 Å². The lowest BCUT2D eigenvalue weighted by Gasteiger charge is -2.15. The average Bonchev–Trinajstić information content (AvgIpc) is 2.57. The van der Waals surface area contributed by atoms with E-state index in [2.05, 4.69) is 15.9 Å². The van der Waals surface area contributed by atoms with Crippen molar-refractivity contribution >= 4 is 27.9 Å². The van der Waals surface area contributed by atoms with Crippen LogP contribution in [0.1, 0.15) is 28.5 Å². The molecule has 0 aliphatic carbocycles. The van der Waals surface area contributed by atoms with Gasteiger partial charge in [-0.1, -0.05) is 18.2 Å². The van der Waals surface area contributed by atoms with Crippen molar-refractivity contribution in [2.75, 3.05) is 0 Å². The van der Waals surface area contributed by atoms with E-state index in [9.17, 15) is 19.5 Å². The third-order valence-corrected chi connectivity index (χ3v) is 4.17. The zero-order valence-corrected chi connectivity index (χ0v) is 15.2. The summed E-state index contributed by atoms with van der Waals surface area (Å²) in [7, 11) is 0. The number of aromatic hydroxyl groups is 1. The third-order valence-electron chi connectivity index (χ3n) is 3.42. The Morgan fingerprint density at radius 2 is 1.92 bits per heavy atom. The maximum absolute atomic E-state index is 12.3. The molecule has 25 heavy (non-hydrogen) atoms. The van der Waals surface area contributed by atoms with Gasteiger partial charge in [0.15, 0.2) is 6.73 Å². The Balaban J connectivity index is 2.27. The van der Waals surface area contributed by atoms with Crippen molar-refractivity contribution in [2.45, 2.75) is 27.2 Å². The predicted molar refractivity (Wildman–Crippen MR) is 92.1 cm³/mol. The van der Waals surface area contributed by atoms with Gasteiger partial charge in [-0.2, -0.15) is 0 Å². The maximum atomic E-state index is 12.3. The topological polar surface area (TPSA) is 94.8 Å². The first-order valence-electron chi connectivity index (χ1n) is 7.28. The molecule has 2 aromatic rings. The smallest absolute Gasteiger partial charge is 0.340 e. The molecule has 0 aliphatic rings. The van der Waals surface area contributed by atoms with E-state index in [4.69, 9.17) is 9.47 Å². The minimum absolute atomic E-state index is 0.0778. The molecule has 0 saturated carbocycles.